The quantitative estimate of drug-likeness (QED) is 0.687. The number of aliphatic carboxylic acids is 1. The molecule has 2 amide bonds. The van der Waals surface area contributed by atoms with Crippen LogP contribution in [-0.2, 0) is 16.1 Å². The number of furan rings is 1. The maximum Gasteiger partial charge on any atom is 0.307 e. The van der Waals surface area contributed by atoms with E-state index in [1.165, 1.54) is 17.6 Å². The average Bonchev–Trinajstić information content (AvgIpc) is 3.38. The van der Waals surface area contributed by atoms with Crippen molar-refractivity contribution < 1.29 is 23.9 Å². The molecule has 2 aromatic rings. The van der Waals surface area contributed by atoms with Crippen LogP contribution in [0.1, 0.15) is 41.8 Å². The Morgan fingerprint density at radius 1 is 1.11 bits per heavy atom. The summed E-state index contributed by atoms with van der Waals surface area (Å²) in [5, 5.41) is 17.4. The zero-order valence-corrected chi connectivity index (χ0v) is 16.0. The van der Waals surface area contributed by atoms with Gasteiger partial charge in [-0.3, -0.25) is 14.4 Å². The van der Waals surface area contributed by atoms with Crippen molar-refractivity contribution in [1.82, 2.24) is 5.32 Å². The van der Waals surface area contributed by atoms with Gasteiger partial charge in [0.25, 0.3) is 5.91 Å². The van der Waals surface area contributed by atoms with Crippen molar-refractivity contribution in [2.24, 2.45) is 23.7 Å². The number of carbonyl (C=O) groups is 3. The SMILES string of the molecule is O=C(NCc1ccco1)c1ccsc1NC(=O)[C@H]1C2CCC(CC2)[C@@H]1C(=O)O. The second kappa shape index (κ2) is 7.79. The highest BCUT2D eigenvalue weighted by Gasteiger charge is 2.50. The average molecular weight is 402 g/mol. The van der Waals surface area contributed by atoms with Crippen molar-refractivity contribution in [3.8, 4) is 0 Å². The molecule has 3 aliphatic rings. The van der Waals surface area contributed by atoms with Gasteiger partial charge in [0.05, 0.1) is 30.2 Å². The first-order chi connectivity index (χ1) is 13.5. The highest BCUT2D eigenvalue weighted by molar-refractivity contribution is 7.14. The minimum Gasteiger partial charge on any atom is -0.481 e. The Morgan fingerprint density at radius 3 is 2.46 bits per heavy atom. The molecule has 8 heteroatoms. The summed E-state index contributed by atoms with van der Waals surface area (Å²) in [5.41, 5.74) is 0.373. The normalized spacial score (nSPS) is 26.0. The third kappa shape index (κ3) is 3.56. The van der Waals surface area contributed by atoms with Crippen LogP contribution in [0.2, 0.25) is 0 Å². The number of thiophene rings is 1. The fourth-order valence-corrected chi connectivity index (χ4v) is 5.43. The van der Waals surface area contributed by atoms with E-state index in [2.05, 4.69) is 10.6 Å². The van der Waals surface area contributed by atoms with Crippen molar-refractivity contribution in [3.63, 3.8) is 0 Å². The minimum atomic E-state index is -0.892. The first kappa shape index (κ1) is 18.7. The summed E-state index contributed by atoms with van der Waals surface area (Å²) in [5.74, 6) is -1.86. The predicted octanol–water partition coefficient (Wildman–Crippen LogP) is 3.35. The first-order valence-electron chi connectivity index (χ1n) is 9.46. The van der Waals surface area contributed by atoms with Gasteiger partial charge >= 0.3 is 5.97 Å². The number of fused-ring (bicyclic) bond motifs is 3. The number of anilines is 1. The molecule has 0 spiro atoms. The lowest BCUT2D eigenvalue weighted by atomic mass is 9.58. The molecule has 28 heavy (non-hydrogen) atoms. The van der Waals surface area contributed by atoms with Gasteiger partial charge < -0.3 is 20.2 Å². The number of nitrogens with one attached hydrogen (secondary N) is 2. The topological polar surface area (TPSA) is 109 Å². The molecule has 0 unspecified atom stereocenters. The molecular weight excluding hydrogens is 380 g/mol. The minimum absolute atomic E-state index is 0.0673. The van der Waals surface area contributed by atoms with Crippen LogP contribution in [0, 0.1) is 23.7 Å². The Balaban J connectivity index is 1.46. The van der Waals surface area contributed by atoms with Gasteiger partial charge in [0.15, 0.2) is 0 Å². The number of carboxylic acids is 1. The molecule has 148 valence electrons. The summed E-state index contributed by atoms with van der Waals surface area (Å²) < 4.78 is 5.20. The smallest absolute Gasteiger partial charge is 0.307 e. The van der Waals surface area contributed by atoms with Crippen molar-refractivity contribution >= 4 is 34.1 Å². The number of hydrogen-bond acceptors (Lipinski definition) is 5. The van der Waals surface area contributed by atoms with Crippen molar-refractivity contribution in [2.75, 3.05) is 5.32 Å². The van der Waals surface area contributed by atoms with E-state index in [-0.39, 0.29) is 30.2 Å². The molecule has 3 aliphatic carbocycles. The van der Waals surface area contributed by atoms with Crippen molar-refractivity contribution in [3.05, 3.63) is 41.2 Å². The van der Waals surface area contributed by atoms with E-state index in [0.717, 1.165) is 25.7 Å². The van der Waals surface area contributed by atoms with Crippen LogP contribution in [0.3, 0.4) is 0 Å². The molecule has 3 saturated carbocycles. The van der Waals surface area contributed by atoms with Gasteiger partial charge in [-0.2, -0.15) is 0 Å². The molecule has 3 N–H and O–H groups in total. The van der Waals surface area contributed by atoms with Crippen LogP contribution in [0.4, 0.5) is 5.00 Å². The maximum atomic E-state index is 13.0. The molecule has 7 nitrogen and oxygen atoms in total. The molecule has 3 fully saturated rings. The number of hydrogen-bond donors (Lipinski definition) is 3. The Labute approximate surface area is 166 Å². The Bertz CT molecular complexity index is 867. The number of rotatable bonds is 6. The molecule has 2 atom stereocenters. The number of amides is 2. The standard InChI is InChI=1S/C20H22N2O5S/c23-17(21-10-13-2-1-8-27-13)14-7-9-28-19(14)22-18(24)15-11-3-5-12(6-4-11)16(15)20(25)26/h1-2,7-9,11-12,15-16H,3-6,10H2,(H,21,23)(H,22,24)(H,25,26)/t11?,12?,15-,16-/m0/s1. The molecule has 0 saturated heterocycles. The predicted molar refractivity (Wildman–Crippen MR) is 103 cm³/mol. The van der Waals surface area contributed by atoms with Gasteiger partial charge in [-0.25, -0.2) is 0 Å². The number of carbonyl (C=O) groups excluding carboxylic acids is 2. The van der Waals surface area contributed by atoms with E-state index in [0.29, 0.717) is 16.3 Å². The van der Waals surface area contributed by atoms with E-state index >= 15 is 0 Å². The Hall–Kier alpha value is -2.61. The molecule has 0 radical (unpaired) electrons. The van der Waals surface area contributed by atoms with Gasteiger partial charge in [-0.15, -0.1) is 11.3 Å². The molecule has 2 bridgehead atoms. The third-order valence-electron chi connectivity index (χ3n) is 5.96. The lowest BCUT2D eigenvalue weighted by Gasteiger charge is -2.45. The molecule has 2 aromatic heterocycles. The van der Waals surface area contributed by atoms with Crippen LogP contribution in [-0.4, -0.2) is 22.9 Å². The summed E-state index contributed by atoms with van der Waals surface area (Å²) in [6.07, 6.45) is 5.09. The summed E-state index contributed by atoms with van der Waals surface area (Å²) >= 11 is 1.26. The Morgan fingerprint density at radius 2 is 1.82 bits per heavy atom. The lowest BCUT2D eigenvalue weighted by Crippen LogP contribution is -2.49. The highest BCUT2D eigenvalue weighted by Crippen LogP contribution is 2.49. The third-order valence-corrected chi connectivity index (χ3v) is 6.79. The zero-order chi connectivity index (χ0) is 19.7. The van der Waals surface area contributed by atoms with Crippen molar-refractivity contribution in [2.45, 2.75) is 32.2 Å². The molecule has 2 heterocycles. The van der Waals surface area contributed by atoms with Crippen LogP contribution in [0.5, 0.6) is 0 Å². The second-order valence-electron chi connectivity index (χ2n) is 7.48. The Kier molecular flexibility index (Phi) is 5.21. The van der Waals surface area contributed by atoms with Crippen LogP contribution in [0.25, 0.3) is 0 Å². The second-order valence-corrected chi connectivity index (χ2v) is 8.40. The summed E-state index contributed by atoms with van der Waals surface area (Å²) in [7, 11) is 0. The summed E-state index contributed by atoms with van der Waals surface area (Å²) in [4.78, 5) is 37.2. The largest absolute Gasteiger partial charge is 0.481 e. The fraction of sp³-hybridized carbons (Fsp3) is 0.450. The molecule has 0 aromatic carbocycles. The van der Waals surface area contributed by atoms with E-state index in [1.807, 2.05) is 0 Å². The van der Waals surface area contributed by atoms with E-state index in [9.17, 15) is 19.5 Å². The zero-order valence-electron chi connectivity index (χ0n) is 15.2. The van der Waals surface area contributed by atoms with Gasteiger partial charge in [0.1, 0.15) is 10.8 Å². The van der Waals surface area contributed by atoms with E-state index in [4.69, 9.17) is 4.42 Å². The lowest BCUT2D eigenvalue weighted by molar-refractivity contribution is -0.156. The molecule has 5 rings (SSSR count). The first-order valence-corrected chi connectivity index (χ1v) is 10.3. The summed E-state index contributed by atoms with van der Waals surface area (Å²) in [6, 6.07) is 5.16. The number of carboxylic acid groups (broad SMARTS) is 1. The van der Waals surface area contributed by atoms with Gasteiger partial charge in [0, 0.05) is 0 Å². The van der Waals surface area contributed by atoms with E-state index in [1.54, 1.807) is 23.6 Å². The van der Waals surface area contributed by atoms with Crippen LogP contribution >= 0.6 is 11.3 Å². The molecule has 0 aliphatic heterocycles. The highest BCUT2D eigenvalue weighted by atomic mass is 32.1. The van der Waals surface area contributed by atoms with Crippen molar-refractivity contribution in [1.29, 1.82) is 0 Å². The van der Waals surface area contributed by atoms with E-state index < -0.39 is 17.8 Å². The maximum absolute atomic E-state index is 13.0. The molecular formula is C20H22N2O5S. The monoisotopic (exact) mass is 402 g/mol. The van der Waals surface area contributed by atoms with Gasteiger partial charge in [-0.05, 0) is 61.1 Å². The van der Waals surface area contributed by atoms with Gasteiger partial charge in [0.2, 0.25) is 5.91 Å². The summed E-state index contributed by atoms with van der Waals surface area (Å²) in [6.45, 7) is 0.253. The van der Waals surface area contributed by atoms with Gasteiger partial charge in [-0.1, -0.05) is 0 Å². The van der Waals surface area contributed by atoms with Crippen LogP contribution < -0.4 is 10.6 Å². The fourth-order valence-electron chi connectivity index (χ4n) is 4.64. The van der Waals surface area contributed by atoms with Crippen LogP contribution in [0.15, 0.2) is 34.3 Å².